The number of benzene rings is 1. The molecule has 1 fully saturated rings. The lowest BCUT2D eigenvalue weighted by molar-refractivity contribution is -0.123. The molecular weight excluding hydrogens is 262 g/mol. The quantitative estimate of drug-likeness (QED) is 0.885. The highest BCUT2D eigenvalue weighted by Gasteiger charge is 2.35. The fourth-order valence-electron chi connectivity index (χ4n) is 3.43. The van der Waals surface area contributed by atoms with Crippen LogP contribution in [-0.2, 0) is 11.4 Å². The number of carbonyl (C=O) groups excluding carboxylic acids is 1. The largest absolute Gasteiger partial charge is 0.392 e. The van der Waals surface area contributed by atoms with E-state index in [0.717, 1.165) is 24.1 Å². The van der Waals surface area contributed by atoms with Gasteiger partial charge in [0.25, 0.3) is 0 Å². The minimum absolute atomic E-state index is 0.0315. The van der Waals surface area contributed by atoms with Gasteiger partial charge in [0.05, 0.1) is 6.61 Å². The van der Waals surface area contributed by atoms with Crippen molar-refractivity contribution in [1.29, 1.82) is 0 Å². The summed E-state index contributed by atoms with van der Waals surface area (Å²) in [4.78, 5) is 12.6. The third kappa shape index (κ3) is 4.07. The highest BCUT2D eigenvalue weighted by molar-refractivity contribution is 5.92. The number of hydrogen-bond acceptors (Lipinski definition) is 2. The van der Waals surface area contributed by atoms with Gasteiger partial charge in [-0.1, -0.05) is 39.3 Å². The SMILES string of the molecule is CC(C)[C@@H]1CC[C@@H](C)C[C@H]1C(=O)Nc1ccc(CO)cc1. The van der Waals surface area contributed by atoms with Gasteiger partial charge in [-0.2, -0.15) is 0 Å². The zero-order chi connectivity index (χ0) is 15.4. The van der Waals surface area contributed by atoms with Crippen LogP contribution in [0.5, 0.6) is 0 Å². The number of nitrogens with one attached hydrogen (secondary N) is 1. The second-order valence-electron chi connectivity index (χ2n) is 6.78. The fourth-order valence-corrected chi connectivity index (χ4v) is 3.43. The van der Waals surface area contributed by atoms with Crippen molar-refractivity contribution in [2.45, 2.75) is 46.6 Å². The third-order valence-electron chi connectivity index (χ3n) is 4.76. The normalized spacial score (nSPS) is 25.9. The Morgan fingerprint density at radius 2 is 1.95 bits per heavy atom. The molecule has 0 heterocycles. The lowest BCUT2D eigenvalue weighted by Gasteiger charge is -2.36. The summed E-state index contributed by atoms with van der Waals surface area (Å²) < 4.78 is 0. The van der Waals surface area contributed by atoms with Crippen LogP contribution in [0.3, 0.4) is 0 Å². The Hall–Kier alpha value is -1.35. The molecule has 0 aliphatic heterocycles. The fraction of sp³-hybridized carbons (Fsp3) is 0.611. The zero-order valence-corrected chi connectivity index (χ0v) is 13.3. The van der Waals surface area contributed by atoms with E-state index in [1.54, 1.807) is 0 Å². The van der Waals surface area contributed by atoms with Crippen LogP contribution in [-0.4, -0.2) is 11.0 Å². The van der Waals surface area contributed by atoms with Gasteiger partial charge < -0.3 is 10.4 Å². The molecule has 0 bridgehead atoms. The van der Waals surface area contributed by atoms with Crippen molar-refractivity contribution in [3.63, 3.8) is 0 Å². The van der Waals surface area contributed by atoms with E-state index < -0.39 is 0 Å². The van der Waals surface area contributed by atoms with Crippen LogP contribution in [0.1, 0.15) is 45.6 Å². The highest BCUT2D eigenvalue weighted by Crippen LogP contribution is 2.38. The molecule has 3 nitrogen and oxygen atoms in total. The Morgan fingerprint density at radius 3 is 2.52 bits per heavy atom. The molecule has 1 aliphatic rings. The molecule has 0 spiro atoms. The minimum Gasteiger partial charge on any atom is -0.392 e. The Bertz CT molecular complexity index is 467. The van der Waals surface area contributed by atoms with Crippen molar-refractivity contribution in [1.82, 2.24) is 0 Å². The Labute approximate surface area is 127 Å². The van der Waals surface area contributed by atoms with Crippen LogP contribution in [0.25, 0.3) is 0 Å². The van der Waals surface area contributed by atoms with Crippen molar-refractivity contribution in [3.8, 4) is 0 Å². The first-order chi connectivity index (χ1) is 10.0. The number of aliphatic hydroxyl groups excluding tert-OH is 1. The predicted octanol–water partition coefficient (Wildman–Crippen LogP) is 3.83. The third-order valence-corrected chi connectivity index (χ3v) is 4.76. The van der Waals surface area contributed by atoms with E-state index in [1.165, 1.54) is 6.42 Å². The van der Waals surface area contributed by atoms with Gasteiger partial charge in [0, 0.05) is 11.6 Å². The van der Waals surface area contributed by atoms with Crippen molar-refractivity contribution < 1.29 is 9.90 Å². The summed E-state index contributed by atoms with van der Waals surface area (Å²) >= 11 is 0. The smallest absolute Gasteiger partial charge is 0.227 e. The minimum atomic E-state index is 0.0315. The molecule has 116 valence electrons. The molecule has 1 aromatic carbocycles. The first kappa shape index (κ1) is 16.0. The average Bonchev–Trinajstić information content (AvgIpc) is 2.47. The van der Waals surface area contributed by atoms with Gasteiger partial charge in [0.2, 0.25) is 5.91 Å². The van der Waals surface area contributed by atoms with Crippen LogP contribution in [0, 0.1) is 23.7 Å². The van der Waals surface area contributed by atoms with Crippen LogP contribution < -0.4 is 5.32 Å². The summed E-state index contributed by atoms with van der Waals surface area (Å²) in [5, 5.41) is 12.1. The van der Waals surface area contributed by atoms with E-state index in [9.17, 15) is 4.79 Å². The summed E-state index contributed by atoms with van der Waals surface area (Å²) in [5.74, 6) is 1.93. The van der Waals surface area contributed by atoms with Gasteiger partial charge in [-0.3, -0.25) is 4.79 Å². The number of amides is 1. The maximum Gasteiger partial charge on any atom is 0.227 e. The number of hydrogen-bond donors (Lipinski definition) is 2. The number of rotatable bonds is 4. The second-order valence-corrected chi connectivity index (χ2v) is 6.78. The zero-order valence-electron chi connectivity index (χ0n) is 13.3. The van der Waals surface area contributed by atoms with Crippen molar-refractivity contribution in [2.24, 2.45) is 23.7 Å². The number of carbonyl (C=O) groups is 1. The molecule has 1 amide bonds. The van der Waals surface area contributed by atoms with Crippen LogP contribution in [0.2, 0.25) is 0 Å². The second kappa shape index (κ2) is 7.08. The molecule has 0 unspecified atom stereocenters. The standard InChI is InChI=1S/C18H27NO2/c1-12(2)16-9-4-13(3)10-17(16)18(21)19-15-7-5-14(11-20)6-8-15/h5-8,12-13,16-17,20H,4,9-11H2,1-3H3,(H,19,21)/t13-,16+,17-/m1/s1. The predicted molar refractivity (Wildman–Crippen MR) is 85.8 cm³/mol. The van der Waals surface area contributed by atoms with E-state index in [1.807, 2.05) is 24.3 Å². The summed E-state index contributed by atoms with van der Waals surface area (Å²) in [6, 6.07) is 7.41. The Balaban J connectivity index is 2.05. The monoisotopic (exact) mass is 289 g/mol. The number of aliphatic hydroxyl groups is 1. The van der Waals surface area contributed by atoms with E-state index in [4.69, 9.17) is 5.11 Å². The van der Waals surface area contributed by atoms with Crippen molar-refractivity contribution >= 4 is 11.6 Å². The van der Waals surface area contributed by atoms with Crippen LogP contribution >= 0.6 is 0 Å². The molecule has 0 radical (unpaired) electrons. The molecule has 21 heavy (non-hydrogen) atoms. The van der Waals surface area contributed by atoms with E-state index >= 15 is 0 Å². The molecular formula is C18H27NO2. The Morgan fingerprint density at radius 1 is 1.29 bits per heavy atom. The van der Waals surface area contributed by atoms with E-state index in [2.05, 4.69) is 26.1 Å². The molecule has 2 rings (SSSR count). The molecule has 0 saturated heterocycles. The number of anilines is 1. The summed E-state index contributed by atoms with van der Waals surface area (Å²) in [5.41, 5.74) is 1.68. The van der Waals surface area contributed by atoms with Gasteiger partial charge in [-0.15, -0.1) is 0 Å². The first-order valence-corrected chi connectivity index (χ1v) is 8.02. The maximum atomic E-state index is 12.6. The van der Waals surface area contributed by atoms with Gasteiger partial charge in [0.15, 0.2) is 0 Å². The molecule has 1 aliphatic carbocycles. The van der Waals surface area contributed by atoms with E-state index in [-0.39, 0.29) is 18.4 Å². The summed E-state index contributed by atoms with van der Waals surface area (Å²) in [6.07, 6.45) is 3.38. The van der Waals surface area contributed by atoms with Gasteiger partial charge in [-0.25, -0.2) is 0 Å². The topological polar surface area (TPSA) is 49.3 Å². The van der Waals surface area contributed by atoms with Crippen LogP contribution in [0.4, 0.5) is 5.69 Å². The van der Waals surface area contributed by atoms with E-state index in [0.29, 0.717) is 17.8 Å². The van der Waals surface area contributed by atoms with Gasteiger partial charge >= 0.3 is 0 Å². The summed E-state index contributed by atoms with van der Waals surface area (Å²) in [6.45, 7) is 6.71. The van der Waals surface area contributed by atoms with Crippen LogP contribution in [0.15, 0.2) is 24.3 Å². The molecule has 1 aromatic rings. The molecule has 3 heteroatoms. The average molecular weight is 289 g/mol. The maximum absolute atomic E-state index is 12.6. The molecule has 0 aromatic heterocycles. The highest BCUT2D eigenvalue weighted by atomic mass is 16.3. The molecule has 1 saturated carbocycles. The molecule has 2 N–H and O–H groups in total. The molecule has 3 atom stereocenters. The van der Waals surface area contributed by atoms with Crippen molar-refractivity contribution in [3.05, 3.63) is 29.8 Å². The lowest BCUT2D eigenvalue weighted by Crippen LogP contribution is -2.36. The Kier molecular flexibility index (Phi) is 5.40. The first-order valence-electron chi connectivity index (χ1n) is 8.02. The lowest BCUT2D eigenvalue weighted by atomic mass is 9.70. The summed E-state index contributed by atoms with van der Waals surface area (Å²) in [7, 11) is 0. The van der Waals surface area contributed by atoms with Crippen molar-refractivity contribution in [2.75, 3.05) is 5.32 Å². The van der Waals surface area contributed by atoms with Gasteiger partial charge in [0.1, 0.15) is 0 Å². The van der Waals surface area contributed by atoms with Gasteiger partial charge in [-0.05, 0) is 48.3 Å².